The lowest BCUT2D eigenvalue weighted by Crippen LogP contribution is -2.48. The summed E-state index contributed by atoms with van der Waals surface area (Å²) in [6.07, 6.45) is 3.40. The fraction of sp³-hybridized carbons (Fsp3) is 0.619. The van der Waals surface area contributed by atoms with Crippen LogP contribution in [0.5, 0.6) is 0 Å². The van der Waals surface area contributed by atoms with Crippen LogP contribution < -0.4 is 10.9 Å². The fourth-order valence-corrected chi connectivity index (χ4v) is 5.02. The van der Waals surface area contributed by atoms with Crippen LogP contribution in [0.25, 0.3) is 0 Å². The normalized spacial score (nSPS) is 30.2. The molecule has 0 radical (unpaired) electrons. The molecular formula is C21H28F2N4O2. The fourth-order valence-electron chi connectivity index (χ4n) is 5.02. The Kier molecular flexibility index (Phi) is 5.68. The Hall–Kier alpha value is -1.90. The summed E-state index contributed by atoms with van der Waals surface area (Å²) in [4.78, 5) is 28.5. The van der Waals surface area contributed by atoms with Crippen molar-refractivity contribution >= 4 is 11.7 Å². The predicted molar refractivity (Wildman–Crippen MR) is 104 cm³/mol. The summed E-state index contributed by atoms with van der Waals surface area (Å²) in [6, 6.07) is 3.63. The summed E-state index contributed by atoms with van der Waals surface area (Å²) in [6.45, 7) is 4.91. The molecule has 0 bridgehead atoms. The van der Waals surface area contributed by atoms with Gasteiger partial charge in [-0.05, 0) is 45.2 Å². The summed E-state index contributed by atoms with van der Waals surface area (Å²) < 4.78 is 27.6. The van der Waals surface area contributed by atoms with Gasteiger partial charge in [0.15, 0.2) is 11.6 Å². The molecular weight excluding hydrogens is 378 g/mol. The Bertz CT molecular complexity index is 805. The number of hydrazine groups is 1. The average Bonchev–Trinajstić information content (AvgIpc) is 3.33. The maximum atomic E-state index is 14.1. The molecule has 1 aromatic carbocycles. The van der Waals surface area contributed by atoms with Crippen LogP contribution in [0.4, 0.5) is 8.78 Å². The molecule has 1 aromatic rings. The molecule has 3 fully saturated rings. The van der Waals surface area contributed by atoms with Crippen LogP contribution >= 0.6 is 0 Å². The first-order valence-electron chi connectivity index (χ1n) is 10.3. The molecule has 0 aliphatic carbocycles. The first kappa shape index (κ1) is 20.4. The largest absolute Gasteiger partial charge is 0.341 e. The number of Topliss-reactive ketones (excluding diaryl/α,β-unsaturated/α-hetero) is 1. The summed E-state index contributed by atoms with van der Waals surface area (Å²) >= 11 is 0. The van der Waals surface area contributed by atoms with E-state index in [-0.39, 0.29) is 29.2 Å². The Morgan fingerprint density at radius 3 is 2.69 bits per heavy atom. The van der Waals surface area contributed by atoms with Crippen molar-refractivity contribution in [2.24, 2.45) is 5.41 Å². The number of nitrogens with zero attached hydrogens (tertiary/aromatic N) is 2. The number of likely N-dealkylation sites (tertiary alicyclic amines) is 2. The van der Waals surface area contributed by atoms with Gasteiger partial charge in [-0.2, -0.15) is 0 Å². The van der Waals surface area contributed by atoms with Crippen molar-refractivity contribution in [1.82, 2.24) is 20.7 Å². The molecule has 8 heteroatoms. The second-order valence-corrected chi connectivity index (χ2v) is 8.78. The number of amides is 1. The van der Waals surface area contributed by atoms with E-state index in [1.165, 1.54) is 6.92 Å². The van der Waals surface area contributed by atoms with E-state index in [0.29, 0.717) is 31.6 Å². The maximum Gasteiger partial charge on any atom is 0.241 e. The van der Waals surface area contributed by atoms with Crippen LogP contribution in [-0.4, -0.2) is 59.8 Å². The number of rotatable bonds is 4. The van der Waals surface area contributed by atoms with E-state index in [1.54, 1.807) is 12.1 Å². The van der Waals surface area contributed by atoms with Gasteiger partial charge in [0.2, 0.25) is 5.91 Å². The van der Waals surface area contributed by atoms with Crippen LogP contribution in [0.1, 0.15) is 38.2 Å². The van der Waals surface area contributed by atoms with Crippen molar-refractivity contribution in [2.45, 2.75) is 51.2 Å². The van der Waals surface area contributed by atoms with Gasteiger partial charge >= 0.3 is 0 Å². The van der Waals surface area contributed by atoms with Gasteiger partial charge < -0.3 is 4.90 Å². The molecule has 3 aliphatic rings. The van der Waals surface area contributed by atoms with E-state index in [4.69, 9.17) is 0 Å². The summed E-state index contributed by atoms with van der Waals surface area (Å²) in [7, 11) is 0. The molecule has 3 unspecified atom stereocenters. The minimum absolute atomic E-state index is 0.00369. The van der Waals surface area contributed by atoms with Gasteiger partial charge in [0.25, 0.3) is 0 Å². The lowest BCUT2D eigenvalue weighted by atomic mass is 9.79. The van der Waals surface area contributed by atoms with Gasteiger partial charge in [-0.25, -0.2) is 19.6 Å². The van der Waals surface area contributed by atoms with E-state index < -0.39 is 11.6 Å². The molecule has 3 saturated heterocycles. The Morgan fingerprint density at radius 1 is 1.14 bits per heavy atom. The third-order valence-electron chi connectivity index (χ3n) is 6.61. The number of hydrogen-bond acceptors (Lipinski definition) is 5. The van der Waals surface area contributed by atoms with Crippen molar-refractivity contribution < 1.29 is 18.4 Å². The number of ketones is 1. The first-order valence-corrected chi connectivity index (χ1v) is 10.3. The number of nitrogens with one attached hydrogen (secondary N) is 2. The molecule has 29 heavy (non-hydrogen) atoms. The number of piperidine rings is 1. The molecule has 3 heterocycles. The molecule has 3 aliphatic heterocycles. The number of carbonyl (C=O) groups is 2. The van der Waals surface area contributed by atoms with Gasteiger partial charge in [0, 0.05) is 37.2 Å². The molecule has 3 atom stereocenters. The highest BCUT2D eigenvalue weighted by atomic mass is 19.2. The van der Waals surface area contributed by atoms with E-state index in [9.17, 15) is 18.4 Å². The number of benzene rings is 1. The Balaban J connectivity index is 1.37. The SMILES string of the molecule is CC(=O)C1CC(C(=O)N2CCC3(CCCN(Cc4cccc(F)c4F)C3)C2)NN1. The zero-order valence-electron chi connectivity index (χ0n) is 16.7. The molecule has 0 saturated carbocycles. The van der Waals surface area contributed by atoms with E-state index in [0.717, 1.165) is 38.4 Å². The number of halogens is 2. The van der Waals surface area contributed by atoms with Crippen molar-refractivity contribution in [3.8, 4) is 0 Å². The minimum Gasteiger partial charge on any atom is -0.341 e. The first-order chi connectivity index (χ1) is 13.9. The van der Waals surface area contributed by atoms with Crippen molar-refractivity contribution in [1.29, 1.82) is 0 Å². The highest BCUT2D eigenvalue weighted by Crippen LogP contribution is 2.39. The molecule has 0 aromatic heterocycles. The zero-order valence-corrected chi connectivity index (χ0v) is 16.7. The molecule has 4 rings (SSSR count). The molecule has 6 nitrogen and oxygen atoms in total. The van der Waals surface area contributed by atoms with Gasteiger partial charge in [-0.3, -0.25) is 14.5 Å². The average molecular weight is 406 g/mol. The van der Waals surface area contributed by atoms with Crippen molar-refractivity contribution in [3.05, 3.63) is 35.4 Å². The summed E-state index contributed by atoms with van der Waals surface area (Å²) in [5.74, 6) is -1.52. The lowest BCUT2D eigenvalue weighted by molar-refractivity contribution is -0.132. The van der Waals surface area contributed by atoms with Crippen LogP contribution in [0.15, 0.2) is 18.2 Å². The summed E-state index contributed by atoms with van der Waals surface area (Å²) in [5, 5.41) is 0. The van der Waals surface area contributed by atoms with Crippen LogP contribution in [-0.2, 0) is 16.1 Å². The topological polar surface area (TPSA) is 64.7 Å². The monoisotopic (exact) mass is 406 g/mol. The third kappa shape index (κ3) is 4.20. The Morgan fingerprint density at radius 2 is 1.93 bits per heavy atom. The van der Waals surface area contributed by atoms with Crippen LogP contribution in [0.2, 0.25) is 0 Å². The minimum atomic E-state index is -0.812. The Labute approximate surface area is 169 Å². The number of hydrogen-bond donors (Lipinski definition) is 2. The van der Waals surface area contributed by atoms with Gasteiger partial charge in [-0.15, -0.1) is 0 Å². The zero-order chi connectivity index (χ0) is 20.6. The standard InChI is InChI=1S/C21H28F2N4O2/c1-14(28)17-10-18(25-24-17)20(29)27-9-7-21(13-27)6-3-8-26(12-21)11-15-4-2-5-16(22)19(15)23/h2,4-5,17-18,24-25H,3,6-13H2,1H3. The second-order valence-electron chi connectivity index (χ2n) is 8.78. The van der Waals surface area contributed by atoms with Gasteiger partial charge in [-0.1, -0.05) is 12.1 Å². The quantitative estimate of drug-likeness (QED) is 0.795. The second kappa shape index (κ2) is 8.08. The van der Waals surface area contributed by atoms with Gasteiger partial charge in [0.1, 0.15) is 11.8 Å². The molecule has 1 amide bonds. The van der Waals surface area contributed by atoms with Crippen molar-refractivity contribution in [3.63, 3.8) is 0 Å². The highest BCUT2D eigenvalue weighted by Gasteiger charge is 2.45. The predicted octanol–water partition coefficient (Wildman–Crippen LogP) is 1.60. The summed E-state index contributed by atoms with van der Waals surface area (Å²) in [5.41, 5.74) is 6.25. The highest BCUT2D eigenvalue weighted by molar-refractivity contribution is 5.86. The third-order valence-corrected chi connectivity index (χ3v) is 6.61. The van der Waals surface area contributed by atoms with E-state index in [1.807, 2.05) is 4.90 Å². The van der Waals surface area contributed by atoms with Crippen molar-refractivity contribution in [2.75, 3.05) is 26.2 Å². The number of carbonyl (C=O) groups excluding carboxylic acids is 2. The molecule has 1 spiro atoms. The smallest absolute Gasteiger partial charge is 0.241 e. The van der Waals surface area contributed by atoms with E-state index in [2.05, 4.69) is 15.8 Å². The van der Waals surface area contributed by atoms with Crippen LogP contribution in [0.3, 0.4) is 0 Å². The van der Waals surface area contributed by atoms with Crippen LogP contribution in [0, 0.1) is 17.0 Å². The maximum absolute atomic E-state index is 14.1. The van der Waals surface area contributed by atoms with Gasteiger partial charge in [0.05, 0.1) is 6.04 Å². The lowest BCUT2D eigenvalue weighted by Gasteiger charge is -2.40. The molecule has 2 N–H and O–H groups in total. The molecule has 158 valence electrons. The van der Waals surface area contributed by atoms with E-state index >= 15 is 0 Å².